The van der Waals surface area contributed by atoms with Crippen molar-refractivity contribution in [2.24, 2.45) is 9.98 Å². The molecule has 0 aliphatic heterocycles. The maximum atomic E-state index is 4.13. The minimum Gasteiger partial charge on any atom is -0.298 e. The van der Waals surface area contributed by atoms with Gasteiger partial charge in [-0.05, 0) is 26.9 Å². The Kier molecular flexibility index (Phi) is 12.2. The predicted octanol–water partition coefficient (Wildman–Crippen LogP) is 1.49. The van der Waals surface area contributed by atoms with Crippen molar-refractivity contribution in [1.29, 1.82) is 0 Å². The van der Waals surface area contributed by atoms with Crippen molar-refractivity contribution in [1.82, 2.24) is 10.6 Å². The van der Waals surface area contributed by atoms with Crippen LogP contribution in [0, 0.1) is 0 Å². The molecular weight excluding hydrogens is 200 g/mol. The molecule has 2 atom stereocenters. The van der Waals surface area contributed by atoms with Gasteiger partial charge in [-0.1, -0.05) is 13.8 Å². The molecule has 84 valence electrons. The van der Waals surface area contributed by atoms with Crippen LogP contribution in [0.25, 0.3) is 0 Å². The van der Waals surface area contributed by atoms with E-state index in [9.17, 15) is 0 Å². The third kappa shape index (κ3) is 7.04. The zero-order valence-corrected chi connectivity index (χ0v) is 10.2. The molecule has 0 aromatic heterocycles. The van der Waals surface area contributed by atoms with E-state index in [0.717, 1.165) is 12.8 Å². The Labute approximate surface area is 92.7 Å². The molecule has 0 aromatic carbocycles. The van der Waals surface area contributed by atoms with Gasteiger partial charge in [0.15, 0.2) is 0 Å². The van der Waals surface area contributed by atoms with Crippen molar-refractivity contribution >= 4 is 18.4 Å². The maximum Gasteiger partial charge on any atom is 0.110 e. The molecule has 0 radical (unpaired) electrons. The average Bonchev–Trinajstić information content (AvgIpc) is 2.19. The van der Waals surface area contributed by atoms with Crippen molar-refractivity contribution in [2.45, 2.75) is 39.0 Å². The van der Waals surface area contributed by atoms with Crippen molar-refractivity contribution in [3.63, 3.8) is 0 Å². The molecule has 0 aromatic rings. The van der Waals surface area contributed by atoms with E-state index in [0.29, 0.717) is 0 Å². The molecule has 4 nitrogen and oxygen atoms in total. The van der Waals surface area contributed by atoms with Gasteiger partial charge in [0.1, 0.15) is 12.3 Å². The SMILES string of the molecule is CCC(N=C=NC(CC)NC)NC.Cl. The zero-order valence-electron chi connectivity index (χ0n) is 9.37. The monoisotopic (exact) mass is 220 g/mol. The Balaban J connectivity index is 0. The maximum absolute atomic E-state index is 4.13. The van der Waals surface area contributed by atoms with Gasteiger partial charge in [-0.25, -0.2) is 9.98 Å². The zero-order chi connectivity index (χ0) is 10.1. The second-order valence-electron chi connectivity index (χ2n) is 2.78. The van der Waals surface area contributed by atoms with Crippen molar-refractivity contribution in [2.75, 3.05) is 14.1 Å². The lowest BCUT2D eigenvalue weighted by Gasteiger charge is -2.05. The fourth-order valence-corrected chi connectivity index (χ4v) is 0.893. The number of hydrogen-bond donors (Lipinski definition) is 2. The fraction of sp³-hybridized carbons (Fsp3) is 0.889. The van der Waals surface area contributed by atoms with E-state index < -0.39 is 0 Å². The molecule has 0 amide bonds. The Morgan fingerprint density at radius 2 is 1.36 bits per heavy atom. The lowest BCUT2D eigenvalue weighted by Crippen LogP contribution is -2.22. The molecule has 0 rings (SSSR count). The Morgan fingerprint density at radius 1 is 1.00 bits per heavy atom. The van der Waals surface area contributed by atoms with Gasteiger partial charge in [0, 0.05) is 0 Å². The number of hydrogen-bond acceptors (Lipinski definition) is 4. The highest BCUT2D eigenvalue weighted by atomic mass is 35.5. The highest BCUT2D eigenvalue weighted by molar-refractivity contribution is 5.85. The van der Waals surface area contributed by atoms with Gasteiger partial charge in [0.25, 0.3) is 0 Å². The fourth-order valence-electron chi connectivity index (χ4n) is 0.893. The van der Waals surface area contributed by atoms with Crippen LogP contribution in [0.15, 0.2) is 9.98 Å². The van der Waals surface area contributed by atoms with Crippen LogP contribution >= 0.6 is 12.4 Å². The molecule has 14 heavy (non-hydrogen) atoms. The van der Waals surface area contributed by atoms with Crippen LogP contribution in [0.4, 0.5) is 0 Å². The van der Waals surface area contributed by atoms with Crippen molar-refractivity contribution in [3.05, 3.63) is 0 Å². The molecule has 0 bridgehead atoms. The lowest BCUT2D eigenvalue weighted by atomic mass is 10.4. The Morgan fingerprint density at radius 3 is 1.57 bits per heavy atom. The minimum atomic E-state index is 0. The van der Waals surface area contributed by atoms with Crippen molar-refractivity contribution < 1.29 is 0 Å². The molecule has 5 heteroatoms. The number of nitrogens with zero attached hydrogens (tertiary/aromatic N) is 2. The third-order valence-electron chi connectivity index (χ3n) is 1.87. The van der Waals surface area contributed by atoms with Crippen LogP contribution < -0.4 is 10.6 Å². The van der Waals surface area contributed by atoms with Crippen LogP contribution in [0.5, 0.6) is 0 Å². The smallest absolute Gasteiger partial charge is 0.110 e. The third-order valence-corrected chi connectivity index (χ3v) is 1.87. The summed E-state index contributed by atoms with van der Waals surface area (Å²) in [5.74, 6) is 0. The average molecular weight is 221 g/mol. The summed E-state index contributed by atoms with van der Waals surface area (Å²) in [4.78, 5) is 8.26. The number of halogens is 1. The summed E-state index contributed by atoms with van der Waals surface area (Å²) in [7, 11) is 3.77. The summed E-state index contributed by atoms with van der Waals surface area (Å²) in [5.41, 5.74) is 0. The molecule has 2 N–H and O–H groups in total. The van der Waals surface area contributed by atoms with Crippen LogP contribution in [0.1, 0.15) is 26.7 Å². The van der Waals surface area contributed by atoms with Gasteiger partial charge in [-0.15, -0.1) is 12.4 Å². The molecule has 0 fully saturated rings. The highest BCUT2D eigenvalue weighted by Gasteiger charge is 1.97. The molecular formula is C9H21ClN4. The minimum absolute atomic E-state index is 0. The van der Waals surface area contributed by atoms with E-state index >= 15 is 0 Å². The van der Waals surface area contributed by atoms with E-state index in [1.807, 2.05) is 14.1 Å². The van der Waals surface area contributed by atoms with E-state index in [1.165, 1.54) is 0 Å². The normalized spacial score (nSPS) is 13.4. The van der Waals surface area contributed by atoms with Crippen LogP contribution in [-0.4, -0.2) is 32.4 Å². The summed E-state index contributed by atoms with van der Waals surface area (Å²) in [6, 6.07) is 2.71. The molecule has 0 saturated carbocycles. The van der Waals surface area contributed by atoms with Crippen molar-refractivity contribution in [3.8, 4) is 0 Å². The molecule has 0 saturated heterocycles. The molecule has 0 spiro atoms. The lowest BCUT2D eigenvalue weighted by molar-refractivity contribution is 0.560. The first-order valence-electron chi connectivity index (χ1n) is 4.77. The second kappa shape index (κ2) is 10.7. The van der Waals surface area contributed by atoms with Gasteiger partial charge >= 0.3 is 0 Å². The first-order valence-corrected chi connectivity index (χ1v) is 4.77. The van der Waals surface area contributed by atoms with E-state index in [-0.39, 0.29) is 24.7 Å². The van der Waals surface area contributed by atoms with Gasteiger partial charge in [-0.2, -0.15) is 0 Å². The Hall–Kier alpha value is -0.410. The largest absolute Gasteiger partial charge is 0.298 e. The van der Waals surface area contributed by atoms with E-state index in [2.05, 4.69) is 40.5 Å². The van der Waals surface area contributed by atoms with Gasteiger partial charge in [-0.3, -0.25) is 10.6 Å². The summed E-state index contributed by atoms with van der Waals surface area (Å²) in [6.07, 6.45) is 2.18. The summed E-state index contributed by atoms with van der Waals surface area (Å²) in [6.45, 7) is 4.14. The van der Waals surface area contributed by atoms with Gasteiger partial charge in [0.2, 0.25) is 0 Å². The van der Waals surface area contributed by atoms with E-state index in [4.69, 9.17) is 0 Å². The predicted molar refractivity (Wildman–Crippen MR) is 63.4 cm³/mol. The number of rotatable bonds is 6. The van der Waals surface area contributed by atoms with Crippen LogP contribution in [-0.2, 0) is 0 Å². The summed E-state index contributed by atoms with van der Waals surface area (Å²) < 4.78 is 0. The highest BCUT2D eigenvalue weighted by Crippen LogP contribution is 1.91. The first-order chi connectivity index (χ1) is 6.28. The topological polar surface area (TPSA) is 48.8 Å². The molecule has 0 aliphatic rings. The molecule has 0 aliphatic carbocycles. The number of aliphatic imine (C=N–C) groups is 2. The van der Waals surface area contributed by atoms with Gasteiger partial charge < -0.3 is 0 Å². The molecule has 0 heterocycles. The first kappa shape index (κ1) is 16.0. The molecule has 2 unspecified atom stereocenters. The second-order valence-corrected chi connectivity index (χ2v) is 2.78. The Bertz CT molecular complexity index is 154. The van der Waals surface area contributed by atoms with E-state index in [1.54, 1.807) is 0 Å². The van der Waals surface area contributed by atoms with Crippen LogP contribution in [0.3, 0.4) is 0 Å². The summed E-state index contributed by atoms with van der Waals surface area (Å²) in [5, 5.41) is 6.10. The number of nitrogens with one attached hydrogen (secondary N) is 2. The van der Waals surface area contributed by atoms with Crippen LogP contribution in [0.2, 0.25) is 0 Å². The summed E-state index contributed by atoms with van der Waals surface area (Å²) >= 11 is 0. The quantitative estimate of drug-likeness (QED) is 0.667. The van der Waals surface area contributed by atoms with Gasteiger partial charge in [0.05, 0.1) is 6.01 Å². The standard InChI is InChI=1S/C9H20N4.ClH/c1-5-8(10-3)12-7-13-9(6-2)11-4;/h8-11H,5-6H2,1-4H3;1H.